The molecule has 0 radical (unpaired) electrons. The van der Waals surface area contributed by atoms with Crippen molar-refractivity contribution in [3.05, 3.63) is 76.0 Å². The maximum Gasteiger partial charge on any atom is 0.260 e. The maximum atomic E-state index is 12.6. The van der Waals surface area contributed by atoms with Gasteiger partial charge >= 0.3 is 0 Å². The summed E-state index contributed by atoms with van der Waals surface area (Å²) in [6.45, 7) is 3.79. The molecule has 2 aromatic carbocycles. The van der Waals surface area contributed by atoms with Crippen molar-refractivity contribution < 1.29 is 4.84 Å². The highest BCUT2D eigenvalue weighted by molar-refractivity contribution is 6.31. The second kappa shape index (κ2) is 9.73. The number of hydrogen-bond acceptors (Lipinski definition) is 4. The third kappa shape index (κ3) is 5.22. The van der Waals surface area contributed by atoms with Crippen molar-refractivity contribution in [1.82, 2.24) is 9.88 Å². The van der Waals surface area contributed by atoms with E-state index in [-0.39, 0.29) is 16.9 Å². The Morgan fingerprint density at radius 2 is 1.86 bits per heavy atom. The fraction of sp³-hybridized carbons (Fsp3) is 0.143. The SMILES string of the molecule is C=C(O/N=C/N)c1c(-c2ccccc2)c2cc(Cl)ccc2[nH]c1=O.CN(C)C. The van der Waals surface area contributed by atoms with E-state index in [9.17, 15) is 4.79 Å². The molecule has 3 N–H and O–H groups in total. The molecule has 146 valence electrons. The number of nitrogens with two attached hydrogens (primary N) is 1. The Hall–Kier alpha value is -3.09. The molecule has 3 rings (SSSR count). The van der Waals surface area contributed by atoms with Crippen molar-refractivity contribution in [1.29, 1.82) is 0 Å². The van der Waals surface area contributed by atoms with E-state index in [0.717, 1.165) is 17.3 Å². The summed E-state index contributed by atoms with van der Waals surface area (Å²) in [6.07, 6.45) is 0.986. The van der Waals surface area contributed by atoms with Crippen LogP contribution in [0.2, 0.25) is 5.02 Å². The standard InChI is InChI=1S/C18H14ClN3O2.C3H9N/c1-11(24-21-10-20)16-17(12-5-3-2-4-6-12)14-9-13(19)7-8-15(14)22-18(16)23;1-4(2)3/h2-10H,1H2,(H2,20,21)(H,22,23);1-3H3. The van der Waals surface area contributed by atoms with Crippen LogP contribution in [-0.2, 0) is 4.84 Å². The molecule has 1 heterocycles. The van der Waals surface area contributed by atoms with Gasteiger partial charge in [-0.25, -0.2) is 0 Å². The largest absolute Gasteiger partial charge is 0.387 e. The summed E-state index contributed by atoms with van der Waals surface area (Å²) in [5.74, 6) is 0.0960. The minimum Gasteiger partial charge on any atom is -0.387 e. The Balaban J connectivity index is 0.000000640. The van der Waals surface area contributed by atoms with Crippen LogP contribution in [0.25, 0.3) is 27.8 Å². The first kappa shape index (κ1) is 21.2. The second-order valence-corrected chi connectivity index (χ2v) is 6.81. The van der Waals surface area contributed by atoms with E-state index in [1.165, 1.54) is 0 Å². The number of aromatic nitrogens is 1. The Morgan fingerprint density at radius 3 is 2.46 bits per heavy atom. The van der Waals surface area contributed by atoms with Gasteiger partial charge in [0.05, 0.1) is 5.56 Å². The third-order valence-electron chi connectivity index (χ3n) is 3.54. The lowest BCUT2D eigenvalue weighted by atomic mass is 9.95. The smallest absolute Gasteiger partial charge is 0.260 e. The van der Waals surface area contributed by atoms with Crippen LogP contribution in [0.4, 0.5) is 0 Å². The molecule has 0 aliphatic rings. The molecule has 0 aliphatic carbocycles. The van der Waals surface area contributed by atoms with Crippen molar-refractivity contribution in [2.24, 2.45) is 10.9 Å². The number of rotatable bonds is 4. The number of benzene rings is 2. The fourth-order valence-electron chi connectivity index (χ4n) is 2.58. The van der Waals surface area contributed by atoms with Crippen molar-refractivity contribution in [2.45, 2.75) is 0 Å². The Labute approximate surface area is 168 Å². The van der Waals surface area contributed by atoms with Gasteiger partial charge in [0.15, 0.2) is 5.76 Å². The first-order chi connectivity index (χ1) is 13.3. The normalized spacial score (nSPS) is 10.8. The van der Waals surface area contributed by atoms with Gasteiger partial charge in [0.25, 0.3) is 5.56 Å². The highest BCUT2D eigenvalue weighted by atomic mass is 35.5. The number of oxime groups is 1. The topological polar surface area (TPSA) is 83.7 Å². The molecular weight excluding hydrogens is 376 g/mol. The average molecular weight is 399 g/mol. The van der Waals surface area contributed by atoms with Gasteiger partial charge in [0.1, 0.15) is 6.34 Å². The van der Waals surface area contributed by atoms with Crippen molar-refractivity contribution >= 4 is 34.6 Å². The molecule has 0 bridgehead atoms. The van der Waals surface area contributed by atoms with Gasteiger partial charge in [-0.1, -0.05) is 53.7 Å². The fourth-order valence-corrected chi connectivity index (χ4v) is 2.75. The summed E-state index contributed by atoms with van der Waals surface area (Å²) in [5.41, 5.74) is 7.32. The van der Waals surface area contributed by atoms with E-state index in [0.29, 0.717) is 16.1 Å². The van der Waals surface area contributed by atoms with E-state index >= 15 is 0 Å². The van der Waals surface area contributed by atoms with E-state index in [4.69, 9.17) is 22.2 Å². The lowest BCUT2D eigenvalue weighted by Crippen LogP contribution is -2.14. The summed E-state index contributed by atoms with van der Waals surface area (Å²) in [4.78, 5) is 22.5. The summed E-state index contributed by atoms with van der Waals surface area (Å²) in [6, 6.07) is 14.7. The lowest BCUT2D eigenvalue weighted by molar-refractivity contribution is 0.300. The molecule has 0 atom stereocenters. The Kier molecular flexibility index (Phi) is 7.37. The van der Waals surface area contributed by atoms with Gasteiger partial charge in [-0.3, -0.25) is 4.79 Å². The minimum absolute atomic E-state index is 0.0960. The number of aromatic amines is 1. The lowest BCUT2D eigenvalue weighted by Gasteiger charge is -2.13. The monoisotopic (exact) mass is 398 g/mol. The van der Waals surface area contributed by atoms with Crippen LogP contribution in [0.5, 0.6) is 0 Å². The molecule has 0 fully saturated rings. The van der Waals surface area contributed by atoms with Gasteiger partial charge in [-0.15, -0.1) is 0 Å². The molecule has 0 spiro atoms. The molecule has 0 saturated carbocycles. The van der Waals surface area contributed by atoms with Gasteiger partial charge in [0, 0.05) is 21.5 Å². The number of pyridine rings is 1. The Morgan fingerprint density at radius 1 is 1.21 bits per heavy atom. The van der Waals surface area contributed by atoms with Crippen LogP contribution in [0.15, 0.2) is 65.1 Å². The van der Waals surface area contributed by atoms with Gasteiger partial charge < -0.3 is 20.5 Å². The van der Waals surface area contributed by atoms with Gasteiger partial charge in [0.2, 0.25) is 0 Å². The number of halogens is 1. The van der Waals surface area contributed by atoms with Crippen LogP contribution in [0.3, 0.4) is 0 Å². The summed E-state index contributed by atoms with van der Waals surface area (Å²) in [7, 11) is 6.00. The number of nitrogens with one attached hydrogen (secondary N) is 1. The van der Waals surface area contributed by atoms with E-state index in [1.807, 2.05) is 56.4 Å². The van der Waals surface area contributed by atoms with Crippen LogP contribution < -0.4 is 11.3 Å². The molecule has 3 aromatic rings. The highest BCUT2D eigenvalue weighted by Gasteiger charge is 2.18. The predicted octanol–water partition coefficient (Wildman–Crippen LogP) is 3.92. The first-order valence-corrected chi connectivity index (χ1v) is 8.84. The summed E-state index contributed by atoms with van der Waals surface area (Å²) < 4.78 is 0. The Bertz CT molecular complexity index is 1040. The van der Waals surface area contributed by atoms with Crippen molar-refractivity contribution in [2.75, 3.05) is 21.1 Å². The van der Waals surface area contributed by atoms with E-state index < -0.39 is 0 Å². The van der Waals surface area contributed by atoms with E-state index in [1.54, 1.807) is 18.2 Å². The molecule has 1 aromatic heterocycles. The molecular formula is C21H23ClN4O2. The summed E-state index contributed by atoms with van der Waals surface area (Å²) >= 11 is 6.15. The van der Waals surface area contributed by atoms with E-state index in [2.05, 4.69) is 16.7 Å². The molecule has 7 heteroatoms. The minimum atomic E-state index is -0.333. The zero-order valence-corrected chi connectivity index (χ0v) is 16.8. The van der Waals surface area contributed by atoms with Crippen LogP contribution in [-0.4, -0.2) is 37.4 Å². The predicted molar refractivity (Wildman–Crippen MR) is 117 cm³/mol. The van der Waals surface area contributed by atoms with Crippen LogP contribution in [0.1, 0.15) is 5.56 Å². The quantitative estimate of drug-likeness (QED) is 0.302. The summed E-state index contributed by atoms with van der Waals surface area (Å²) in [5, 5.41) is 4.84. The number of nitrogens with zero attached hydrogens (tertiary/aromatic N) is 2. The number of fused-ring (bicyclic) bond motifs is 1. The molecule has 28 heavy (non-hydrogen) atoms. The van der Waals surface area contributed by atoms with Gasteiger partial charge in [-0.05, 0) is 44.9 Å². The van der Waals surface area contributed by atoms with Crippen LogP contribution >= 0.6 is 11.6 Å². The average Bonchev–Trinajstić information content (AvgIpc) is 2.65. The number of hydrogen-bond donors (Lipinski definition) is 2. The van der Waals surface area contributed by atoms with Crippen molar-refractivity contribution in [3.63, 3.8) is 0 Å². The molecule has 6 nitrogen and oxygen atoms in total. The molecule has 0 amide bonds. The van der Waals surface area contributed by atoms with Crippen LogP contribution in [0, 0.1) is 0 Å². The maximum absolute atomic E-state index is 12.6. The molecule has 0 saturated heterocycles. The zero-order chi connectivity index (χ0) is 20.7. The first-order valence-electron chi connectivity index (χ1n) is 8.47. The zero-order valence-electron chi connectivity index (χ0n) is 16.1. The number of H-pyrrole nitrogens is 1. The molecule has 0 unspecified atom stereocenters. The second-order valence-electron chi connectivity index (χ2n) is 6.37. The third-order valence-corrected chi connectivity index (χ3v) is 3.78. The highest BCUT2D eigenvalue weighted by Crippen LogP contribution is 2.33. The van der Waals surface area contributed by atoms with Crippen molar-refractivity contribution in [3.8, 4) is 11.1 Å². The molecule has 0 aliphatic heterocycles. The van der Waals surface area contributed by atoms with Gasteiger partial charge in [-0.2, -0.15) is 0 Å².